The SMILES string of the molecule is O=C(CCC(=O)Oc1ccc([N+](=O)[O-])cc1)NCCS(=O)(=O)O. The number of benzene rings is 1. The lowest BCUT2D eigenvalue weighted by molar-refractivity contribution is -0.384. The summed E-state index contributed by atoms with van der Waals surface area (Å²) in [4.78, 5) is 32.7. The van der Waals surface area contributed by atoms with Crippen molar-refractivity contribution in [1.82, 2.24) is 5.32 Å². The molecule has 1 aromatic carbocycles. The van der Waals surface area contributed by atoms with Crippen LogP contribution >= 0.6 is 0 Å². The Hall–Kier alpha value is -2.53. The van der Waals surface area contributed by atoms with Gasteiger partial charge in [0.15, 0.2) is 0 Å². The number of non-ortho nitro benzene ring substituents is 1. The first-order valence-electron chi connectivity index (χ1n) is 6.34. The minimum atomic E-state index is -4.16. The number of nitro groups is 1. The maximum Gasteiger partial charge on any atom is 0.311 e. The smallest absolute Gasteiger partial charge is 0.311 e. The Morgan fingerprint density at radius 3 is 2.35 bits per heavy atom. The lowest BCUT2D eigenvalue weighted by Crippen LogP contribution is -2.29. The van der Waals surface area contributed by atoms with Crippen molar-refractivity contribution in [2.24, 2.45) is 0 Å². The highest BCUT2D eigenvalue weighted by Crippen LogP contribution is 2.17. The molecule has 0 aliphatic heterocycles. The second-order valence-corrected chi connectivity index (χ2v) is 5.93. The molecular formula is C12H14N2O8S. The molecule has 0 saturated carbocycles. The molecule has 126 valence electrons. The Kier molecular flexibility index (Phi) is 6.60. The number of nitrogens with one attached hydrogen (secondary N) is 1. The first-order chi connectivity index (χ1) is 10.7. The molecule has 0 spiro atoms. The summed E-state index contributed by atoms with van der Waals surface area (Å²) in [5.41, 5.74) is -0.150. The van der Waals surface area contributed by atoms with Crippen molar-refractivity contribution in [1.29, 1.82) is 0 Å². The molecule has 0 aliphatic carbocycles. The average molecular weight is 346 g/mol. The monoisotopic (exact) mass is 346 g/mol. The maximum absolute atomic E-state index is 11.5. The summed E-state index contributed by atoms with van der Waals surface area (Å²) in [7, 11) is -4.16. The normalized spacial score (nSPS) is 10.8. The topological polar surface area (TPSA) is 153 Å². The van der Waals surface area contributed by atoms with Gasteiger partial charge < -0.3 is 10.1 Å². The zero-order valence-electron chi connectivity index (χ0n) is 11.8. The number of nitrogens with zero attached hydrogens (tertiary/aromatic N) is 1. The molecule has 0 saturated heterocycles. The number of rotatable bonds is 8. The Balaban J connectivity index is 2.33. The van der Waals surface area contributed by atoms with E-state index in [4.69, 9.17) is 9.29 Å². The van der Waals surface area contributed by atoms with Gasteiger partial charge in [-0.1, -0.05) is 0 Å². The Morgan fingerprint density at radius 1 is 1.22 bits per heavy atom. The lowest BCUT2D eigenvalue weighted by Gasteiger charge is -2.05. The third-order valence-electron chi connectivity index (χ3n) is 2.52. The summed E-state index contributed by atoms with van der Waals surface area (Å²) >= 11 is 0. The van der Waals surface area contributed by atoms with Gasteiger partial charge in [-0.05, 0) is 12.1 Å². The van der Waals surface area contributed by atoms with Crippen LogP contribution in [0, 0.1) is 10.1 Å². The van der Waals surface area contributed by atoms with Gasteiger partial charge in [0.1, 0.15) is 5.75 Å². The lowest BCUT2D eigenvalue weighted by atomic mass is 10.3. The van der Waals surface area contributed by atoms with Crippen molar-refractivity contribution in [2.75, 3.05) is 12.3 Å². The van der Waals surface area contributed by atoms with Crippen molar-refractivity contribution >= 4 is 27.7 Å². The minimum Gasteiger partial charge on any atom is -0.427 e. The van der Waals surface area contributed by atoms with Gasteiger partial charge in [0.2, 0.25) is 5.91 Å². The summed E-state index contributed by atoms with van der Waals surface area (Å²) < 4.78 is 34.2. The molecule has 0 bridgehead atoms. The maximum atomic E-state index is 11.5. The van der Waals surface area contributed by atoms with E-state index in [2.05, 4.69) is 5.32 Å². The van der Waals surface area contributed by atoms with Crippen LogP contribution in [0.2, 0.25) is 0 Å². The molecule has 11 heteroatoms. The van der Waals surface area contributed by atoms with E-state index < -0.39 is 32.7 Å². The van der Waals surface area contributed by atoms with Crippen LogP contribution in [-0.4, -0.2) is 42.1 Å². The number of hydrogen-bond donors (Lipinski definition) is 2. The van der Waals surface area contributed by atoms with Crippen LogP contribution in [0.4, 0.5) is 5.69 Å². The number of carbonyl (C=O) groups is 2. The van der Waals surface area contributed by atoms with E-state index in [1.165, 1.54) is 24.3 Å². The van der Waals surface area contributed by atoms with Crippen molar-refractivity contribution in [2.45, 2.75) is 12.8 Å². The van der Waals surface area contributed by atoms with Gasteiger partial charge in [-0.15, -0.1) is 0 Å². The van der Waals surface area contributed by atoms with Crippen LogP contribution in [0.1, 0.15) is 12.8 Å². The van der Waals surface area contributed by atoms with Gasteiger partial charge in [-0.3, -0.25) is 24.3 Å². The summed E-state index contributed by atoms with van der Waals surface area (Å²) in [6, 6.07) is 4.85. The predicted molar refractivity (Wildman–Crippen MR) is 77.4 cm³/mol. The van der Waals surface area contributed by atoms with Crippen LogP contribution < -0.4 is 10.1 Å². The summed E-state index contributed by atoms with van der Waals surface area (Å²) in [5.74, 6) is -1.81. The molecule has 1 rings (SSSR count). The Labute approximate surface area is 131 Å². The first-order valence-corrected chi connectivity index (χ1v) is 7.95. The molecule has 0 heterocycles. The first kappa shape index (κ1) is 18.5. The fraction of sp³-hybridized carbons (Fsp3) is 0.333. The highest BCUT2D eigenvalue weighted by atomic mass is 32.2. The summed E-state index contributed by atoms with van der Waals surface area (Å²) in [5, 5.41) is 12.7. The van der Waals surface area contributed by atoms with Crippen molar-refractivity contribution in [3.63, 3.8) is 0 Å². The van der Waals surface area contributed by atoms with E-state index in [9.17, 15) is 28.1 Å². The van der Waals surface area contributed by atoms with Gasteiger partial charge in [-0.2, -0.15) is 8.42 Å². The Bertz CT molecular complexity index is 684. The third-order valence-corrected chi connectivity index (χ3v) is 3.24. The van der Waals surface area contributed by atoms with Crippen molar-refractivity contribution < 1.29 is 32.2 Å². The van der Waals surface area contributed by atoms with Crippen molar-refractivity contribution in [3.8, 4) is 5.75 Å². The van der Waals surface area contributed by atoms with Gasteiger partial charge in [0.25, 0.3) is 15.8 Å². The largest absolute Gasteiger partial charge is 0.427 e. The second kappa shape index (κ2) is 8.19. The number of carbonyl (C=O) groups excluding carboxylic acids is 2. The Morgan fingerprint density at radius 2 is 1.83 bits per heavy atom. The number of nitro benzene ring substituents is 1. The average Bonchev–Trinajstić information content (AvgIpc) is 2.44. The van der Waals surface area contributed by atoms with E-state index in [0.29, 0.717) is 0 Å². The molecule has 1 aromatic rings. The minimum absolute atomic E-state index is 0.104. The van der Waals surface area contributed by atoms with E-state index >= 15 is 0 Å². The molecule has 0 radical (unpaired) electrons. The summed E-state index contributed by atoms with van der Waals surface area (Å²) in [6.07, 6.45) is -0.480. The molecule has 0 aliphatic rings. The number of ether oxygens (including phenoxy) is 1. The zero-order valence-corrected chi connectivity index (χ0v) is 12.6. The second-order valence-electron chi connectivity index (χ2n) is 4.36. The molecule has 0 fully saturated rings. The third kappa shape index (κ3) is 7.87. The fourth-order valence-corrected chi connectivity index (χ4v) is 1.80. The molecule has 2 N–H and O–H groups in total. The molecular weight excluding hydrogens is 332 g/mol. The van der Waals surface area contributed by atoms with E-state index in [1.807, 2.05) is 0 Å². The van der Waals surface area contributed by atoms with Crippen molar-refractivity contribution in [3.05, 3.63) is 34.4 Å². The van der Waals surface area contributed by atoms with E-state index in [1.54, 1.807) is 0 Å². The fourth-order valence-electron chi connectivity index (χ4n) is 1.44. The van der Waals surface area contributed by atoms with Crippen LogP contribution in [0.3, 0.4) is 0 Å². The highest BCUT2D eigenvalue weighted by molar-refractivity contribution is 7.85. The zero-order chi connectivity index (χ0) is 17.5. The number of esters is 1. The quantitative estimate of drug-likeness (QED) is 0.224. The van der Waals surface area contributed by atoms with Crippen LogP contribution in [0.5, 0.6) is 5.75 Å². The van der Waals surface area contributed by atoms with Crippen LogP contribution in [0.15, 0.2) is 24.3 Å². The van der Waals surface area contributed by atoms with Crippen LogP contribution in [-0.2, 0) is 19.7 Å². The van der Waals surface area contributed by atoms with E-state index in [-0.39, 0.29) is 30.8 Å². The molecule has 23 heavy (non-hydrogen) atoms. The summed E-state index contributed by atoms with van der Waals surface area (Å²) in [6.45, 7) is -0.269. The van der Waals surface area contributed by atoms with E-state index in [0.717, 1.165) is 0 Å². The van der Waals surface area contributed by atoms with Gasteiger partial charge in [0, 0.05) is 25.1 Å². The standard InChI is InChI=1S/C12H14N2O8S/c15-11(13-7-8-23(19,20)21)5-6-12(16)22-10-3-1-9(2-4-10)14(17)18/h1-4H,5-8H2,(H,13,15)(H,19,20,21). The number of hydrogen-bond acceptors (Lipinski definition) is 7. The molecule has 0 aromatic heterocycles. The number of amides is 1. The van der Waals surface area contributed by atoms with Gasteiger partial charge in [-0.25, -0.2) is 0 Å². The molecule has 10 nitrogen and oxygen atoms in total. The van der Waals surface area contributed by atoms with Crippen LogP contribution in [0.25, 0.3) is 0 Å². The molecule has 0 atom stereocenters. The highest BCUT2D eigenvalue weighted by Gasteiger charge is 2.11. The van der Waals surface area contributed by atoms with Gasteiger partial charge >= 0.3 is 5.97 Å². The molecule has 0 unspecified atom stereocenters. The predicted octanol–water partition coefficient (Wildman–Crippen LogP) is 0.284. The van der Waals surface area contributed by atoms with Gasteiger partial charge in [0.05, 0.1) is 17.1 Å². The molecule has 1 amide bonds.